The van der Waals surface area contributed by atoms with Crippen molar-refractivity contribution in [2.45, 2.75) is 0 Å². The van der Waals surface area contributed by atoms with Gasteiger partial charge in [-0.2, -0.15) is 0 Å². The second-order valence-electron chi connectivity index (χ2n) is 1.22. The van der Waals surface area contributed by atoms with Crippen LogP contribution in [0, 0.1) is 0 Å². The van der Waals surface area contributed by atoms with Crippen molar-refractivity contribution in [3.8, 4) is 0 Å². The molecule has 0 aromatic carbocycles. The fourth-order valence-electron chi connectivity index (χ4n) is 0.354. The molecule has 0 N–H and O–H groups in total. The van der Waals surface area contributed by atoms with E-state index in [9.17, 15) is 0 Å². The first-order valence-electron chi connectivity index (χ1n) is 2.09. The Hall–Kier alpha value is 2.05. The molecule has 3 nitrogen and oxygen atoms in total. The molecule has 0 unspecified atom stereocenters. The topological polar surface area (TPSA) is 27.7 Å². The maximum absolute atomic E-state index is 4.78. The van der Waals surface area contributed by atoms with Gasteiger partial charge in [-0.25, -0.2) is 0 Å². The molecule has 5 heteroatoms. The maximum Gasteiger partial charge on any atom is 1.00 e. The summed E-state index contributed by atoms with van der Waals surface area (Å²) in [7, 11) is 4.77. The monoisotopic (exact) mass is 160 g/mol. The van der Waals surface area contributed by atoms with Gasteiger partial charge in [0.05, 0.1) is 0 Å². The second kappa shape index (κ2) is 9.05. The van der Waals surface area contributed by atoms with Crippen LogP contribution in [0.1, 0.15) is 0 Å². The average Bonchev–Trinajstić information content (AvgIpc) is 1.72. The summed E-state index contributed by atoms with van der Waals surface area (Å²) in [4.78, 5) is 0. The summed E-state index contributed by atoms with van der Waals surface area (Å²) in [6.07, 6.45) is 0. The van der Waals surface area contributed by atoms with Crippen LogP contribution in [-0.2, 0) is 11.4 Å². The van der Waals surface area contributed by atoms with Crippen molar-refractivity contribution in [3.05, 3.63) is 0 Å². The Bertz CT molecular complexity index is 36.0. The molecular weight excluding hydrogens is 150 g/mol. The van der Waals surface area contributed by atoms with Gasteiger partial charge in [-0.3, -0.25) is 0 Å². The summed E-state index contributed by atoms with van der Waals surface area (Å²) in [6, 6.07) is 0. The standard InChI is InChI=1S/3CH3O.Al.K.H/c3*1-2;;;/h3*1H3;;;/q3*-1;+2;+1;. The Morgan fingerprint density at radius 1 is 0.875 bits per heavy atom. The van der Waals surface area contributed by atoms with E-state index >= 15 is 0 Å². The van der Waals surface area contributed by atoms with Gasteiger partial charge >= 0.3 is 66.5 Å². The number of rotatable bonds is 3. The van der Waals surface area contributed by atoms with E-state index in [1.807, 2.05) is 0 Å². The quantitative estimate of drug-likeness (QED) is 0.404. The summed E-state index contributed by atoms with van der Waals surface area (Å²) >= 11 is -1.98. The minimum absolute atomic E-state index is 0. The zero-order chi connectivity index (χ0) is 5.70. The van der Waals surface area contributed by atoms with E-state index in [4.69, 9.17) is 11.4 Å². The van der Waals surface area contributed by atoms with E-state index in [-0.39, 0.29) is 51.4 Å². The molecule has 0 saturated carbocycles. The molecule has 0 radical (unpaired) electrons. The van der Waals surface area contributed by atoms with Crippen LogP contribution in [0.4, 0.5) is 0 Å². The summed E-state index contributed by atoms with van der Waals surface area (Å²) in [6.45, 7) is 0. The normalized spacial score (nSPS) is 9.00. The number of hydrogen-bond donors (Lipinski definition) is 0. The van der Waals surface area contributed by atoms with E-state index in [1.165, 1.54) is 0 Å². The molecule has 0 aliphatic heterocycles. The molecule has 0 aromatic heterocycles. The molecule has 0 aliphatic rings. The van der Waals surface area contributed by atoms with Crippen LogP contribution in [0.2, 0.25) is 0 Å². The van der Waals surface area contributed by atoms with Crippen molar-refractivity contribution < 1.29 is 62.8 Å². The van der Waals surface area contributed by atoms with Gasteiger partial charge in [0.15, 0.2) is 0 Å². The van der Waals surface area contributed by atoms with Gasteiger partial charge in [0.2, 0.25) is 0 Å². The van der Waals surface area contributed by atoms with Gasteiger partial charge in [0.25, 0.3) is 0 Å². The molecule has 0 fully saturated rings. The van der Waals surface area contributed by atoms with Gasteiger partial charge in [0, 0.05) is 0 Å². The van der Waals surface area contributed by atoms with E-state index in [1.54, 1.807) is 21.3 Å². The zero-order valence-electron chi connectivity index (χ0n) is 5.93. The molecule has 0 aliphatic carbocycles. The Labute approximate surface area is 97.5 Å². The summed E-state index contributed by atoms with van der Waals surface area (Å²) in [5.41, 5.74) is 0. The van der Waals surface area contributed by atoms with Crippen molar-refractivity contribution in [2.24, 2.45) is 0 Å². The molecule has 0 amide bonds. The van der Waals surface area contributed by atoms with Gasteiger partial charge in [-0.1, -0.05) is 0 Å². The molecule has 0 heterocycles. The first-order chi connectivity index (χ1) is 3.35. The SMILES string of the molecule is C[O][AlH-]([O]C)[O]C.[K+]. The summed E-state index contributed by atoms with van der Waals surface area (Å²) < 4.78 is 14.3. The van der Waals surface area contributed by atoms with Crippen LogP contribution in [0.25, 0.3) is 0 Å². The minimum atomic E-state index is -1.98. The van der Waals surface area contributed by atoms with E-state index < -0.39 is 15.1 Å². The van der Waals surface area contributed by atoms with Gasteiger partial charge < -0.3 is 11.4 Å². The molecule has 0 atom stereocenters. The third-order valence-corrected chi connectivity index (χ3v) is 2.12. The predicted octanol–water partition coefficient (Wildman–Crippen LogP) is -3.35. The van der Waals surface area contributed by atoms with Gasteiger partial charge in [-0.05, 0) is 21.3 Å². The summed E-state index contributed by atoms with van der Waals surface area (Å²) in [5.74, 6) is 0. The number of hydrogen-bond acceptors (Lipinski definition) is 3. The van der Waals surface area contributed by atoms with Crippen LogP contribution in [0.3, 0.4) is 0 Å². The van der Waals surface area contributed by atoms with Crippen molar-refractivity contribution in [2.75, 3.05) is 21.3 Å². The molecule has 44 valence electrons. The Balaban J connectivity index is 0. The average molecular weight is 160 g/mol. The van der Waals surface area contributed by atoms with E-state index in [0.717, 1.165) is 0 Å². The van der Waals surface area contributed by atoms with Crippen molar-refractivity contribution in [1.29, 1.82) is 0 Å². The first kappa shape index (κ1) is 12.7. The Morgan fingerprint density at radius 2 is 1.12 bits per heavy atom. The van der Waals surface area contributed by atoms with Crippen LogP contribution < -0.4 is 51.4 Å². The smallest absolute Gasteiger partial charge is 0.618 e. The zero-order valence-corrected chi connectivity index (χ0v) is 10.5. The van der Waals surface area contributed by atoms with Crippen LogP contribution in [0.5, 0.6) is 0 Å². The molecule has 0 rings (SSSR count). The molecule has 0 spiro atoms. The molecule has 0 aromatic rings. The van der Waals surface area contributed by atoms with E-state index in [2.05, 4.69) is 0 Å². The fraction of sp³-hybridized carbons (Fsp3) is 1.00. The van der Waals surface area contributed by atoms with Gasteiger partial charge in [0.1, 0.15) is 0 Å². The molecule has 8 heavy (non-hydrogen) atoms. The molecular formula is C3H10AlKO3. The van der Waals surface area contributed by atoms with Crippen LogP contribution >= 0.6 is 0 Å². The molecule has 0 saturated heterocycles. The maximum atomic E-state index is 4.78. The van der Waals surface area contributed by atoms with Crippen molar-refractivity contribution in [1.82, 2.24) is 0 Å². The van der Waals surface area contributed by atoms with Crippen molar-refractivity contribution >= 4 is 15.1 Å². The third-order valence-electron chi connectivity index (χ3n) is 0.707. The third kappa shape index (κ3) is 6.17. The Morgan fingerprint density at radius 3 is 1.12 bits per heavy atom. The fourth-order valence-corrected chi connectivity index (χ4v) is 1.06. The molecule has 0 bridgehead atoms. The predicted molar refractivity (Wildman–Crippen MR) is 28.2 cm³/mol. The van der Waals surface area contributed by atoms with Crippen molar-refractivity contribution in [3.63, 3.8) is 0 Å². The van der Waals surface area contributed by atoms with Crippen LogP contribution in [0.15, 0.2) is 0 Å². The van der Waals surface area contributed by atoms with Gasteiger partial charge in [-0.15, -0.1) is 0 Å². The first-order valence-corrected chi connectivity index (χ1v) is 3.82. The van der Waals surface area contributed by atoms with E-state index in [0.29, 0.717) is 0 Å². The Kier molecular flexibility index (Phi) is 14.4. The summed E-state index contributed by atoms with van der Waals surface area (Å²) in [5, 5.41) is 0. The van der Waals surface area contributed by atoms with Crippen LogP contribution in [-0.4, -0.2) is 36.5 Å². The second-order valence-corrected chi connectivity index (χ2v) is 3.66. The largest absolute Gasteiger partial charge is 1.00 e. The minimum Gasteiger partial charge on any atom is -0.618 e.